The Labute approximate surface area is 181 Å². The van der Waals surface area contributed by atoms with Crippen LogP contribution >= 0.6 is 0 Å². The lowest BCUT2D eigenvalue weighted by molar-refractivity contribution is -0.132. The highest BCUT2D eigenvalue weighted by atomic mass is 16.3. The van der Waals surface area contributed by atoms with Gasteiger partial charge in [-0.3, -0.25) is 4.79 Å². The minimum Gasteiger partial charge on any atom is -0.385 e. The lowest BCUT2D eigenvalue weighted by Gasteiger charge is -2.37. The number of aromatic amines is 1. The molecular formula is C25H28N4O2. The second kappa shape index (κ2) is 7.09. The van der Waals surface area contributed by atoms with E-state index in [0.29, 0.717) is 11.8 Å². The number of pyridine rings is 1. The Morgan fingerprint density at radius 2 is 1.81 bits per heavy atom. The van der Waals surface area contributed by atoms with Crippen LogP contribution in [-0.4, -0.2) is 52.1 Å². The van der Waals surface area contributed by atoms with Crippen molar-refractivity contribution >= 4 is 22.6 Å². The lowest BCUT2D eigenvalue weighted by Crippen LogP contribution is -2.49. The van der Waals surface area contributed by atoms with Gasteiger partial charge >= 0.3 is 0 Å². The molecule has 3 aromatic rings. The fourth-order valence-corrected chi connectivity index (χ4v) is 4.96. The number of nitrogens with zero attached hydrogens (tertiary/aromatic N) is 3. The first-order valence-electron chi connectivity index (χ1n) is 11.5. The summed E-state index contributed by atoms with van der Waals surface area (Å²) in [6.07, 6.45) is 6.79. The van der Waals surface area contributed by atoms with E-state index in [4.69, 9.17) is 0 Å². The van der Waals surface area contributed by atoms with Gasteiger partial charge in [0.1, 0.15) is 5.65 Å². The highest BCUT2D eigenvalue weighted by molar-refractivity contribution is 5.94. The van der Waals surface area contributed by atoms with E-state index in [1.165, 1.54) is 5.69 Å². The maximum atomic E-state index is 12.4. The predicted octanol–water partition coefficient (Wildman–Crippen LogP) is 3.66. The van der Waals surface area contributed by atoms with Gasteiger partial charge < -0.3 is 19.9 Å². The maximum Gasteiger partial charge on any atom is 0.225 e. The number of anilines is 1. The zero-order chi connectivity index (χ0) is 21.0. The summed E-state index contributed by atoms with van der Waals surface area (Å²) in [5.74, 6) is 0.640. The Hall–Kier alpha value is -2.86. The third-order valence-corrected chi connectivity index (χ3v) is 7.28. The number of hydrogen-bond acceptors (Lipinski definition) is 4. The zero-order valence-electron chi connectivity index (χ0n) is 17.7. The van der Waals surface area contributed by atoms with Gasteiger partial charge in [-0.15, -0.1) is 0 Å². The zero-order valence-corrected chi connectivity index (χ0v) is 17.7. The highest BCUT2D eigenvalue weighted by Gasteiger charge is 2.36. The molecule has 6 nitrogen and oxygen atoms in total. The number of fused-ring (bicyclic) bond motifs is 1. The van der Waals surface area contributed by atoms with Crippen LogP contribution in [0.4, 0.5) is 5.69 Å². The van der Waals surface area contributed by atoms with Gasteiger partial charge in [0.15, 0.2) is 0 Å². The molecule has 0 radical (unpaired) electrons. The van der Waals surface area contributed by atoms with Crippen LogP contribution in [0.2, 0.25) is 0 Å². The molecule has 160 valence electrons. The van der Waals surface area contributed by atoms with E-state index in [1.54, 1.807) is 0 Å². The SMILES string of the molecule is O=C(C1CC1)N1CCN(c2ccnc3[nH]c(-c4ccc(C5(O)CCC5)cc4)cc23)CC1. The Morgan fingerprint density at radius 1 is 1.06 bits per heavy atom. The molecule has 0 bridgehead atoms. The molecule has 2 N–H and O–H groups in total. The van der Waals surface area contributed by atoms with Crippen molar-refractivity contribution in [3.8, 4) is 11.3 Å². The second-order valence-electron chi connectivity index (χ2n) is 9.32. The number of piperazine rings is 1. The number of aliphatic hydroxyl groups is 1. The molecule has 1 aliphatic heterocycles. The van der Waals surface area contributed by atoms with Gasteiger partial charge in [-0.05, 0) is 55.4 Å². The van der Waals surface area contributed by atoms with Crippen LogP contribution in [0.1, 0.15) is 37.7 Å². The quantitative estimate of drug-likeness (QED) is 0.681. The van der Waals surface area contributed by atoms with Crippen LogP contribution in [0.3, 0.4) is 0 Å². The fraction of sp³-hybridized carbons (Fsp3) is 0.440. The Bertz CT molecular complexity index is 1120. The van der Waals surface area contributed by atoms with Crippen LogP contribution in [-0.2, 0) is 10.4 Å². The predicted molar refractivity (Wildman–Crippen MR) is 121 cm³/mol. The number of H-pyrrole nitrogens is 1. The maximum absolute atomic E-state index is 12.4. The van der Waals surface area contributed by atoms with Gasteiger partial charge in [-0.1, -0.05) is 24.3 Å². The summed E-state index contributed by atoms with van der Waals surface area (Å²) < 4.78 is 0. The van der Waals surface area contributed by atoms with Crippen molar-refractivity contribution < 1.29 is 9.90 Å². The molecule has 2 saturated carbocycles. The summed E-state index contributed by atoms with van der Waals surface area (Å²) in [7, 11) is 0. The van der Waals surface area contributed by atoms with E-state index >= 15 is 0 Å². The molecule has 6 heteroatoms. The van der Waals surface area contributed by atoms with E-state index in [2.05, 4.69) is 39.1 Å². The Morgan fingerprint density at radius 3 is 2.45 bits per heavy atom. The molecule has 1 aromatic carbocycles. The molecule has 3 fully saturated rings. The standard InChI is InChI=1S/C25H28N4O2/c30-24(18-2-3-18)29-14-12-28(13-15-29)22-8-11-26-23-20(22)16-21(27-23)17-4-6-19(7-5-17)25(31)9-1-10-25/h4-8,11,16,18,31H,1-3,9-10,12-15H2,(H,26,27). The summed E-state index contributed by atoms with van der Waals surface area (Å²) in [5.41, 5.74) is 4.56. The van der Waals surface area contributed by atoms with Crippen molar-refractivity contribution in [3.63, 3.8) is 0 Å². The number of rotatable bonds is 4. The largest absolute Gasteiger partial charge is 0.385 e. The number of hydrogen-bond donors (Lipinski definition) is 2. The van der Waals surface area contributed by atoms with E-state index in [1.807, 2.05) is 23.2 Å². The van der Waals surface area contributed by atoms with E-state index in [9.17, 15) is 9.90 Å². The van der Waals surface area contributed by atoms with Crippen molar-refractivity contribution in [2.24, 2.45) is 5.92 Å². The topological polar surface area (TPSA) is 72.5 Å². The molecular weight excluding hydrogens is 388 g/mol. The van der Waals surface area contributed by atoms with Crippen LogP contribution in [0, 0.1) is 5.92 Å². The smallest absolute Gasteiger partial charge is 0.225 e. The summed E-state index contributed by atoms with van der Waals surface area (Å²) >= 11 is 0. The average molecular weight is 417 g/mol. The molecule has 1 amide bonds. The summed E-state index contributed by atoms with van der Waals surface area (Å²) in [4.78, 5) is 24.8. The number of benzene rings is 1. The molecule has 31 heavy (non-hydrogen) atoms. The molecule has 3 aliphatic rings. The van der Waals surface area contributed by atoms with E-state index < -0.39 is 5.60 Å². The highest BCUT2D eigenvalue weighted by Crippen LogP contribution is 2.41. The van der Waals surface area contributed by atoms with Crippen molar-refractivity contribution in [3.05, 3.63) is 48.2 Å². The second-order valence-corrected chi connectivity index (χ2v) is 9.32. The third-order valence-electron chi connectivity index (χ3n) is 7.28. The van der Waals surface area contributed by atoms with Crippen LogP contribution in [0.25, 0.3) is 22.3 Å². The van der Waals surface area contributed by atoms with Crippen molar-refractivity contribution in [2.75, 3.05) is 31.1 Å². The van der Waals surface area contributed by atoms with Gasteiger partial charge in [0.2, 0.25) is 5.91 Å². The number of carbonyl (C=O) groups excluding carboxylic acids is 1. The summed E-state index contributed by atoms with van der Waals surface area (Å²) in [6, 6.07) is 12.5. The normalized spacial score (nSPS) is 20.7. The number of amides is 1. The molecule has 6 rings (SSSR count). The van der Waals surface area contributed by atoms with Gasteiger partial charge in [0.25, 0.3) is 0 Å². The van der Waals surface area contributed by atoms with Crippen molar-refractivity contribution in [1.29, 1.82) is 0 Å². The molecule has 0 unspecified atom stereocenters. The van der Waals surface area contributed by atoms with Gasteiger partial charge in [0.05, 0.1) is 5.60 Å². The third kappa shape index (κ3) is 3.30. The summed E-state index contributed by atoms with van der Waals surface area (Å²) in [6.45, 7) is 3.29. The van der Waals surface area contributed by atoms with Crippen LogP contribution < -0.4 is 4.90 Å². The average Bonchev–Trinajstić information content (AvgIpc) is 3.55. The van der Waals surface area contributed by atoms with Gasteiger partial charge in [-0.2, -0.15) is 0 Å². The molecule has 0 spiro atoms. The number of nitrogens with one attached hydrogen (secondary N) is 1. The van der Waals surface area contributed by atoms with Crippen LogP contribution in [0.5, 0.6) is 0 Å². The van der Waals surface area contributed by atoms with Crippen LogP contribution in [0.15, 0.2) is 42.6 Å². The first-order valence-corrected chi connectivity index (χ1v) is 11.5. The number of aromatic nitrogens is 2. The summed E-state index contributed by atoms with van der Waals surface area (Å²) in [5, 5.41) is 11.7. The van der Waals surface area contributed by atoms with E-state index in [-0.39, 0.29) is 0 Å². The minimum absolute atomic E-state index is 0.294. The minimum atomic E-state index is -0.628. The molecule has 3 heterocycles. The monoisotopic (exact) mass is 416 g/mol. The molecule has 1 saturated heterocycles. The number of carbonyl (C=O) groups is 1. The van der Waals surface area contributed by atoms with Crippen molar-refractivity contribution in [1.82, 2.24) is 14.9 Å². The lowest BCUT2D eigenvalue weighted by atomic mass is 9.75. The molecule has 2 aromatic heterocycles. The fourth-order valence-electron chi connectivity index (χ4n) is 4.96. The van der Waals surface area contributed by atoms with Crippen molar-refractivity contribution in [2.45, 2.75) is 37.7 Å². The van der Waals surface area contributed by atoms with E-state index in [0.717, 1.165) is 86.1 Å². The Kier molecular flexibility index (Phi) is 4.32. The molecule has 2 aliphatic carbocycles. The van der Waals surface area contributed by atoms with Gasteiger partial charge in [0, 0.05) is 55.1 Å². The first kappa shape index (κ1) is 18.9. The molecule has 0 atom stereocenters. The van der Waals surface area contributed by atoms with Gasteiger partial charge in [-0.25, -0.2) is 4.98 Å². The first-order chi connectivity index (χ1) is 15.1. The Balaban J connectivity index is 1.24.